The van der Waals surface area contributed by atoms with Crippen LogP contribution in [0.5, 0.6) is 0 Å². The van der Waals surface area contributed by atoms with Crippen LogP contribution >= 0.6 is 0 Å². The van der Waals surface area contributed by atoms with Crippen LogP contribution in [0.2, 0.25) is 0 Å². The van der Waals surface area contributed by atoms with E-state index in [1.165, 1.54) is 0 Å². The number of hydrogen-bond donors (Lipinski definition) is 1. The third-order valence-electron chi connectivity index (χ3n) is 2.68. The third kappa shape index (κ3) is 4.83. The number of nitrogens with zero attached hydrogens (tertiary/aromatic N) is 1. The summed E-state index contributed by atoms with van der Waals surface area (Å²) in [5.41, 5.74) is 1.11. The van der Waals surface area contributed by atoms with E-state index in [1.807, 2.05) is 26.0 Å². The Morgan fingerprint density at radius 3 is 2.41 bits per heavy atom. The minimum absolute atomic E-state index is 0.0527. The van der Waals surface area contributed by atoms with Crippen molar-refractivity contribution in [3.05, 3.63) is 30.1 Å². The van der Waals surface area contributed by atoms with Crippen molar-refractivity contribution in [3.63, 3.8) is 0 Å². The fourth-order valence-corrected chi connectivity index (χ4v) is 2.82. The largest absolute Gasteiger partial charge is 0.307 e. The summed E-state index contributed by atoms with van der Waals surface area (Å²) in [5, 5.41) is 3.28. The molecule has 96 valence electrons. The first kappa shape index (κ1) is 14.1. The van der Waals surface area contributed by atoms with Crippen LogP contribution in [-0.4, -0.2) is 30.9 Å². The molecule has 2 atom stereocenters. The number of pyridine rings is 1. The maximum absolute atomic E-state index is 11.5. The summed E-state index contributed by atoms with van der Waals surface area (Å²) < 4.78 is 23.0. The second-order valence-corrected chi connectivity index (χ2v) is 6.67. The van der Waals surface area contributed by atoms with Gasteiger partial charge in [0.1, 0.15) is 0 Å². The Morgan fingerprint density at radius 2 is 1.88 bits per heavy atom. The predicted molar refractivity (Wildman–Crippen MR) is 69.6 cm³/mol. The van der Waals surface area contributed by atoms with Crippen molar-refractivity contribution >= 4 is 9.84 Å². The van der Waals surface area contributed by atoms with E-state index in [4.69, 9.17) is 0 Å². The Labute approximate surface area is 103 Å². The summed E-state index contributed by atoms with van der Waals surface area (Å²) in [6.07, 6.45) is 3.47. The summed E-state index contributed by atoms with van der Waals surface area (Å²) in [5.74, 6) is 0.377. The summed E-state index contributed by atoms with van der Waals surface area (Å²) in [6, 6.07) is 3.93. The van der Waals surface area contributed by atoms with Crippen molar-refractivity contribution < 1.29 is 8.42 Å². The van der Waals surface area contributed by atoms with Crippen molar-refractivity contribution in [3.8, 4) is 0 Å². The predicted octanol–water partition coefficient (Wildman–Crippen LogP) is 1.56. The number of aromatic nitrogens is 1. The van der Waals surface area contributed by atoms with Gasteiger partial charge in [0.2, 0.25) is 0 Å². The highest BCUT2D eigenvalue weighted by Crippen LogP contribution is 2.11. The maximum Gasteiger partial charge on any atom is 0.151 e. The van der Waals surface area contributed by atoms with Crippen molar-refractivity contribution in [1.82, 2.24) is 10.3 Å². The lowest BCUT2D eigenvalue weighted by Crippen LogP contribution is -2.35. The molecular weight excluding hydrogens is 236 g/mol. The van der Waals surface area contributed by atoms with Crippen molar-refractivity contribution in [1.29, 1.82) is 0 Å². The molecular formula is C12H20N2O2S. The zero-order chi connectivity index (χ0) is 12.9. The standard InChI is InChI=1S/C12H20N2O2S/c1-4-17(15,16)9-10(2)14-11(3)12-5-7-13-8-6-12/h5-8,10-11,14H,4,9H2,1-3H3/t10?,11-/m0/s1. The third-order valence-corrected chi connectivity index (χ3v) is 4.57. The Bertz CT molecular complexity index is 431. The summed E-state index contributed by atoms with van der Waals surface area (Å²) in [6.45, 7) is 5.59. The highest BCUT2D eigenvalue weighted by atomic mass is 32.2. The van der Waals surface area contributed by atoms with E-state index >= 15 is 0 Å². The van der Waals surface area contributed by atoms with Crippen LogP contribution in [0.15, 0.2) is 24.5 Å². The van der Waals surface area contributed by atoms with E-state index < -0.39 is 9.84 Å². The lowest BCUT2D eigenvalue weighted by atomic mass is 10.1. The molecule has 1 heterocycles. The van der Waals surface area contributed by atoms with Gasteiger partial charge in [-0.3, -0.25) is 4.98 Å². The Morgan fingerprint density at radius 1 is 1.29 bits per heavy atom. The molecule has 1 rings (SSSR count). The lowest BCUT2D eigenvalue weighted by Gasteiger charge is -2.20. The van der Waals surface area contributed by atoms with Crippen molar-refractivity contribution in [2.45, 2.75) is 32.9 Å². The average molecular weight is 256 g/mol. The topological polar surface area (TPSA) is 59.1 Å². The highest BCUT2D eigenvalue weighted by molar-refractivity contribution is 7.91. The Hall–Kier alpha value is -0.940. The molecule has 0 aliphatic carbocycles. The molecule has 0 aromatic carbocycles. The normalized spacial score (nSPS) is 15.5. The lowest BCUT2D eigenvalue weighted by molar-refractivity contribution is 0.499. The Balaban J connectivity index is 2.55. The van der Waals surface area contributed by atoms with Crippen LogP contribution in [0.1, 0.15) is 32.4 Å². The molecule has 0 radical (unpaired) electrons. The van der Waals surface area contributed by atoms with E-state index in [0.717, 1.165) is 5.56 Å². The van der Waals surface area contributed by atoms with E-state index in [2.05, 4.69) is 10.3 Å². The second-order valence-electron chi connectivity index (χ2n) is 4.27. The number of rotatable bonds is 6. The molecule has 0 aliphatic rings. The van der Waals surface area contributed by atoms with Gasteiger partial charge in [-0.05, 0) is 31.5 Å². The van der Waals surface area contributed by atoms with E-state index in [0.29, 0.717) is 0 Å². The highest BCUT2D eigenvalue weighted by Gasteiger charge is 2.15. The van der Waals surface area contributed by atoms with Gasteiger partial charge >= 0.3 is 0 Å². The molecule has 4 nitrogen and oxygen atoms in total. The zero-order valence-corrected chi connectivity index (χ0v) is 11.4. The zero-order valence-electron chi connectivity index (χ0n) is 10.6. The van der Waals surface area contributed by atoms with E-state index in [9.17, 15) is 8.42 Å². The smallest absolute Gasteiger partial charge is 0.151 e. The first-order valence-electron chi connectivity index (χ1n) is 5.81. The molecule has 1 aromatic rings. The molecule has 0 saturated heterocycles. The molecule has 0 saturated carbocycles. The van der Waals surface area contributed by atoms with Crippen LogP contribution in [-0.2, 0) is 9.84 Å². The van der Waals surface area contributed by atoms with Gasteiger partial charge in [0.05, 0.1) is 5.75 Å². The van der Waals surface area contributed by atoms with Gasteiger partial charge < -0.3 is 5.32 Å². The van der Waals surface area contributed by atoms with E-state index in [-0.39, 0.29) is 23.6 Å². The minimum atomic E-state index is -2.92. The fourth-order valence-electron chi connectivity index (χ4n) is 1.72. The van der Waals surface area contributed by atoms with Crippen LogP contribution in [0.25, 0.3) is 0 Å². The second kappa shape index (κ2) is 6.12. The summed E-state index contributed by atoms with van der Waals surface area (Å²) in [7, 11) is -2.92. The molecule has 0 fully saturated rings. The first-order valence-corrected chi connectivity index (χ1v) is 7.63. The van der Waals surface area contributed by atoms with Crippen LogP contribution in [0.3, 0.4) is 0 Å². The van der Waals surface area contributed by atoms with Crippen LogP contribution in [0.4, 0.5) is 0 Å². The van der Waals surface area contributed by atoms with Gasteiger partial charge in [0, 0.05) is 30.2 Å². The van der Waals surface area contributed by atoms with E-state index in [1.54, 1.807) is 19.3 Å². The van der Waals surface area contributed by atoms with Crippen molar-refractivity contribution in [2.24, 2.45) is 0 Å². The van der Waals surface area contributed by atoms with Gasteiger partial charge in [0.15, 0.2) is 9.84 Å². The van der Waals surface area contributed by atoms with Gasteiger partial charge in [-0.25, -0.2) is 8.42 Å². The molecule has 0 bridgehead atoms. The molecule has 0 amide bonds. The number of nitrogens with one attached hydrogen (secondary N) is 1. The average Bonchev–Trinajstić information content (AvgIpc) is 2.29. The number of sulfone groups is 1. The van der Waals surface area contributed by atoms with Crippen molar-refractivity contribution in [2.75, 3.05) is 11.5 Å². The van der Waals surface area contributed by atoms with Gasteiger partial charge in [0.25, 0.3) is 0 Å². The number of hydrogen-bond acceptors (Lipinski definition) is 4. The molecule has 1 unspecified atom stereocenters. The molecule has 17 heavy (non-hydrogen) atoms. The quantitative estimate of drug-likeness (QED) is 0.839. The maximum atomic E-state index is 11.5. The fraction of sp³-hybridized carbons (Fsp3) is 0.583. The van der Waals surface area contributed by atoms with Gasteiger partial charge in [-0.15, -0.1) is 0 Å². The van der Waals surface area contributed by atoms with Gasteiger partial charge in [-0.1, -0.05) is 6.92 Å². The monoisotopic (exact) mass is 256 g/mol. The van der Waals surface area contributed by atoms with Crippen LogP contribution < -0.4 is 5.32 Å². The SMILES string of the molecule is CCS(=O)(=O)CC(C)N[C@@H](C)c1ccncc1. The summed E-state index contributed by atoms with van der Waals surface area (Å²) in [4.78, 5) is 3.96. The molecule has 0 aliphatic heterocycles. The molecule has 0 spiro atoms. The van der Waals surface area contributed by atoms with Crippen LogP contribution in [0, 0.1) is 0 Å². The van der Waals surface area contributed by atoms with Gasteiger partial charge in [-0.2, -0.15) is 0 Å². The first-order chi connectivity index (χ1) is 7.94. The summed E-state index contributed by atoms with van der Waals surface area (Å²) >= 11 is 0. The molecule has 5 heteroatoms. The molecule has 1 aromatic heterocycles. The minimum Gasteiger partial charge on any atom is -0.307 e. The Kier molecular flexibility index (Phi) is 5.08. The molecule has 1 N–H and O–H groups in total.